The molecule has 0 N–H and O–H groups in total. The largest absolute Gasteiger partial charge is 0.419 e. The average molecular weight is 403 g/mol. The Hall–Kier alpha value is -2.60. The molecule has 0 saturated carbocycles. The number of carbonyl (C=O) groups excluding carboxylic acids is 1. The average Bonchev–Trinajstić information content (AvgIpc) is 3.23. The molecule has 5 nitrogen and oxygen atoms in total. The number of fused-ring (bicyclic) bond motifs is 1. The topological polar surface area (TPSA) is 55.5 Å². The Kier molecular flexibility index (Phi) is 5.22. The van der Waals surface area contributed by atoms with E-state index in [1.54, 1.807) is 24.3 Å². The number of amides is 1. The van der Waals surface area contributed by atoms with Crippen LogP contribution >= 0.6 is 11.6 Å². The molecule has 28 heavy (non-hydrogen) atoms. The number of aryl methyl sites for hydroxylation is 1. The van der Waals surface area contributed by atoms with Gasteiger partial charge in [-0.05, 0) is 49.1 Å². The van der Waals surface area contributed by atoms with Crippen molar-refractivity contribution in [1.29, 1.82) is 0 Å². The molecule has 3 aromatic rings. The van der Waals surface area contributed by atoms with Crippen molar-refractivity contribution in [2.75, 3.05) is 6.54 Å². The monoisotopic (exact) mass is 402 g/mol. The lowest BCUT2D eigenvalue weighted by atomic mass is 10.0. The number of oxazole rings is 1. The molecule has 0 spiro atoms. The molecular weight excluding hydrogens is 383 g/mol. The minimum atomic E-state index is -0.497. The van der Waals surface area contributed by atoms with Crippen molar-refractivity contribution in [2.45, 2.75) is 38.3 Å². The Balaban J connectivity index is 1.45. The Bertz CT molecular complexity index is 1070. The second-order valence-corrected chi connectivity index (χ2v) is 7.54. The van der Waals surface area contributed by atoms with E-state index in [0.717, 1.165) is 18.4 Å². The zero-order valence-electron chi connectivity index (χ0n) is 15.2. The molecule has 1 saturated heterocycles. The summed E-state index contributed by atoms with van der Waals surface area (Å²) >= 11 is 5.93. The molecule has 7 heteroatoms. The summed E-state index contributed by atoms with van der Waals surface area (Å²) in [5, 5.41) is 0.488. The van der Waals surface area contributed by atoms with Gasteiger partial charge < -0.3 is 9.32 Å². The minimum absolute atomic E-state index is 0.00545. The number of likely N-dealkylation sites (tertiary alicyclic amines) is 1. The third kappa shape index (κ3) is 3.83. The molecule has 1 aliphatic rings. The van der Waals surface area contributed by atoms with Gasteiger partial charge in [0, 0.05) is 36.6 Å². The van der Waals surface area contributed by atoms with Crippen molar-refractivity contribution in [2.24, 2.45) is 0 Å². The highest BCUT2D eigenvalue weighted by Gasteiger charge is 2.28. The number of carbonyl (C=O) groups is 1. The Labute approximate surface area is 166 Å². The summed E-state index contributed by atoms with van der Waals surface area (Å²) < 4.78 is 20.1. The molecule has 0 radical (unpaired) electrons. The van der Waals surface area contributed by atoms with Crippen molar-refractivity contribution in [3.8, 4) is 0 Å². The first-order valence-corrected chi connectivity index (χ1v) is 9.72. The van der Waals surface area contributed by atoms with E-state index >= 15 is 0 Å². The van der Waals surface area contributed by atoms with Crippen LogP contribution in [0.1, 0.15) is 24.8 Å². The van der Waals surface area contributed by atoms with E-state index in [-0.39, 0.29) is 30.7 Å². The van der Waals surface area contributed by atoms with Gasteiger partial charge in [0.25, 0.3) is 0 Å². The predicted molar refractivity (Wildman–Crippen MR) is 105 cm³/mol. The fraction of sp³-hybridized carbons (Fsp3) is 0.333. The van der Waals surface area contributed by atoms with E-state index in [2.05, 4.69) is 0 Å². The quantitative estimate of drug-likeness (QED) is 0.648. The normalized spacial score (nSPS) is 16.8. The first-order chi connectivity index (χ1) is 13.5. The maximum atomic E-state index is 13.4. The molecule has 4 rings (SSSR count). The molecule has 0 bridgehead atoms. The number of hydrogen-bond donors (Lipinski definition) is 0. The van der Waals surface area contributed by atoms with Gasteiger partial charge >= 0.3 is 5.76 Å². The molecule has 1 unspecified atom stereocenters. The van der Waals surface area contributed by atoms with Gasteiger partial charge in [0.1, 0.15) is 5.82 Å². The van der Waals surface area contributed by atoms with Gasteiger partial charge in [0.05, 0.1) is 5.52 Å². The van der Waals surface area contributed by atoms with E-state index in [1.165, 1.54) is 16.7 Å². The van der Waals surface area contributed by atoms with Crippen molar-refractivity contribution in [3.05, 3.63) is 69.4 Å². The van der Waals surface area contributed by atoms with Gasteiger partial charge in [-0.25, -0.2) is 9.18 Å². The highest BCUT2D eigenvalue weighted by molar-refractivity contribution is 6.31. The fourth-order valence-electron chi connectivity index (χ4n) is 3.92. The lowest BCUT2D eigenvalue weighted by Gasteiger charge is -2.25. The molecular formula is C21H20ClFN2O3. The van der Waals surface area contributed by atoms with Gasteiger partial charge in [-0.3, -0.25) is 9.36 Å². The van der Waals surface area contributed by atoms with E-state index < -0.39 is 5.76 Å². The smallest absolute Gasteiger partial charge is 0.408 e. The van der Waals surface area contributed by atoms with Gasteiger partial charge in [0.15, 0.2) is 5.58 Å². The Morgan fingerprint density at radius 2 is 2.11 bits per heavy atom. The number of halogens is 2. The number of benzene rings is 2. The second kappa shape index (κ2) is 7.80. The third-order valence-electron chi connectivity index (χ3n) is 5.24. The van der Waals surface area contributed by atoms with Crippen LogP contribution in [0.5, 0.6) is 0 Å². The van der Waals surface area contributed by atoms with Crippen LogP contribution in [0, 0.1) is 5.82 Å². The van der Waals surface area contributed by atoms with E-state index in [0.29, 0.717) is 29.1 Å². The summed E-state index contributed by atoms with van der Waals surface area (Å²) in [5.74, 6) is -0.767. The summed E-state index contributed by atoms with van der Waals surface area (Å²) in [6.07, 6.45) is 2.67. The summed E-state index contributed by atoms with van der Waals surface area (Å²) in [7, 11) is 0. The van der Waals surface area contributed by atoms with E-state index in [9.17, 15) is 14.0 Å². The first-order valence-electron chi connectivity index (χ1n) is 9.34. The molecule has 1 fully saturated rings. The number of aromatic nitrogens is 1. The molecule has 1 aliphatic heterocycles. The highest BCUT2D eigenvalue weighted by Crippen LogP contribution is 2.23. The Morgan fingerprint density at radius 1 is 1.25 bits per heavy atom. The maximum absolute atomic E-state index is 13.4. The van der Waals surface area contributed by atoms with Gasteiger partial charge in [-0.2, -0.15) is 0 Å². The van der Waals surface area contributed by atoms with Crippen LogP contribution in [0.15, 0.2) is 51.7 Å². The van der Waals surface area contributed by atoms with Crippen molar-refractivity contribution in [3.63, 3.8) is 0 Å². The van der Waals surface area contributed by atoms with Crippen molar-refractivity contribution >= 4 is 28.6 Å². The third-order valence-corrected chi connectivity index (χ3v) is 5.47. The van der Waals surface area contributed by atoms with Crippen LogP contribution in [-0.2, 0) is 17.8 Å². The molecule has 2 aromatic carbocycles. The first kappa shape index (κ1) is 18.7. The summed E-state index contributed by atoms with van der Waals surface area (Å²) in [4.78, 5) is 26.8. The van der Waals surface area contributed by atoms with Crippen LogP contribution in [-0.4, -0.2) is 28.0 Å². The van der Waals surface area contributed by atoms with Crippen LogP contribution < -0.4 is 5.76 Å². The number of rotatable bonds is 5. The summed E-state index contributed by atoms with van der Waals surface area (Å²) in [6.45, 7) is 0.935. The molecule has 1 atom stereocenters. The van der Waals surface area contributed by atoms with Crippen molar-refractivity contribution < 1.29 is 13.6 Å². The standard InChI is InChI=1S/C21H20ClFN2O3/c22-15-6-7-18-19(13-15)28-21(27)25(18)10-8-20(26)24-9-2-5-17(24)12-14-3-1-4-16(23)11-14/h1,3-4,6-7,11,13,17H,2,5,8-10,12H2. The maximum Gasteiger partial charge on any atom is 0.419 e. The highest BCUT2D eigenvalue weighted by atomic mass is 35.5. The lowest BCUT2D eigenvalue weighted by molar-refractivity contribution is -0.132. The van der Waals surface area contributed by atoms with Crippen LogP contribution in [0.3, 0.4) is 0 Å². The molecule has 1 aromatic heterocycles. The Morgan fingerprint density at radius 3 is 2.93 bits per heavy atom. The van der Waals surface area contributed by atoms with Gasteiger partial charge in [0.2, 0.25) is 5.91 Å². The van der Waals surface area contributed by atoms with Gasteiger partial charge in [-0.1, -0.05) is 23.7 Å². The summed E-state index contributed by atoms with van der Waals surface area (Å²) in [6, 6.07) is 11.6. The zero-order valence-corrected chi connectivity index (χ0v) is 16.0. The summed E-state index contributed by atoms with van der Waals surface area (Å²) in [5.41, 5.74) is 1.92. The SMILES string of the molecule is O=C(CCn1c(=O)oc2cc(Cl)ccc21)N1CCCC1Cc1cccc(F)c1. The van der Waals surface area contributed by atoms with Crippen LogP contribution in [0.2, 0.25) is 5.02 Å². The molecule has 1 amide bonds. The second-order valence-electron chi connectivity index (χ2n) is 7.10. The zero-order chi connectivity index (χ0) is 19.7. The fourth-order valence-corrected chi connectivity index (χ4v) is 4.08. The minimum Gasteiger partial charge on any atom is -0.408 e. The number of nitrogens with zero attached hydrogens (tertiary/aromatic N) is 2. The van der Waals surface area contributed by atoms with Crippen LogP contribution in [0.4, 0.5) is 4.39 Å². The van der Waals surface area contributed by atoms with E-state index in [1.807, 2.05) is 11.0 Å². The molecule has 146 valence electrons. The van der Waals surface area contributed by atoms with Gasteiger partial charge in [-0.15, -0.1) is 0 Å². The molecule has 2 heterocycles. The van der Waals surface area contributed by atoms with Crippen LogP contribution in [0.25, 0.3) is 11.1 Å². The predicted octanol–water partition coefficient (Wildman–Crippen LogP) is 4.01. The van der Waals surface area contributed by atoms with E-state index in [4.69, 9.17) is 16.0 Å². The lowest BCUT2D eigenvalue weighted by Crippen LogP contribution is -2.37. The van der Waals surface area contributed by atoms with Crippen molar-refractivity contribution in [1.82, 2.24) is 9.47 Å². The number of hydrogen-bond acceptors (Lipinski definition) is 3. The molecule has 0 aliphatic carbocycles.